The van der Waals surface area contributed by atoms with Crippen molar-refractivity contribution >= 4 is 11.6 Å². The van der Waals surface area contributed by atoms with Crippen molar-refractivity contribution in [3.8, 4) is 0 Å². The monoisotopic (exact) mass is 374 g/mol. The van der Waals surface area contributed by atoms with Crippen LogP contribution in [0.25, 0.3) is 0 Å². The van der Waals surface area contributed by atoms with E-state index in [2.05, 4.69) is 0 Å². The van der Waals surface area contributed by atoms with E-state index in [1.165, 1.54) is 12.5 Å². The third-order valence-corrected chi connectivity index (χ3v) is 3.34. The molecule has 2 aromatic carbocycles. The van der Waals surface area contributed by atoms with Gasteiger partial charge in [0.2, 0.25) is 0 Å². The molecule has 0 bridgehead atoms. The van der Waals surface area contributed by atoms with Crippen LogP contribution in [0, 0.1) is 0 Å². The van der Waals surface area contributed by atoms with Crippen molar-refractivity contribution < 1.29 is 35.5 Å². The molecule has 0 spiro atoms. The number of hydrogen-bond donors (Lipinski definition) is 0. The van der Waals surface area contributed by atoms with Crippen molar-refractivity contribution in [1.29, 1.82) is 0 Å². The smallest absolute Gasteiger partial charge is 0.147 e. The average Bonchev–Trinajstić information content (AvgIpc) is 3.43. The number of carbonyl (C=O) groups excluding carboxylic acids is 2. The van der Waals surface area contributed by atoms with Gasteiger partial charge in [-0.25, -0.2) is 0 Å². The summed E-state index contributed by atoms with van der Waals surface area (Å²) in [5.41, 5.74) is 1.34. The molecule has 132 valence electrons. The second kappa shape index (κ2) is 8.83. The first kappa shape index (κ1) is 18.5. The van der Waals surface area contributed by atoms with Crippen LogP contribution in [0.4, 0.5) is 0 Å². The topological polar surface area (TPSA) is 60.4 Å². The van der Waals surface area contributed by atoms with Crippen LogP contribution in [0.1, 0.15) is 32.2 Å². The minimum Gasteiger partial charge on any atom is -0.642 e. The van der Waals surface area contributed by atoms with Crippen LogP contribution in [-0.2, 0) is 17.1 Å². The molecule has 2 aromatic heterocycles. The molecule has 5 heteroatoms. The Morgan fingerprint density at radius 3 is 1.80 bits per heavy atom. The zero-order chi connectivity index (χ0) is 16.8. The van der Waals surface area contributed by atoms with E-state index < -0.39 is 0 Å². The first-order chi connectivity index (χ1) is 11.8. The minimum absolute atomic E-state index is 0. The van der Waals surface area contributed by atoms with Crippen LogP contribution in [-0.4, -0.2) is 11.6 Å². The van der Waals surface area contributed by atoms with E-state index in [0.717, 1.165) is 0 Å². The van der Waals surface area contributed by atoms with Gasteiger partial charge < -0.3 is 48.3 Å². The number of furan rings is 2. The second-order valence-electron chi connectivity index (χ2n) is 4.96. The van der Waals surface area contributed by atoms with Crippen molar-refractivity contribution in [1.82, 2.24) is 0 Å². The van der Waals surface area contributed by atoms with Gasteiger partial charge in [-0.1, -0.05) is 17.7 Å². The molecule has 0 atom stereocenters. The van der Waals surface area contributed by atoms with Crippen molar-refractivity contribution in [2.24, 2.45) is 0 Å². The SMILES string of the molecule is O=C(c1ccco1)[c-]1[cH-][cH-][cH-][cH-]1.O=C(c1ccco1)[c-]1cccc1.[Fe]. The van der Waals surface area contributed by atoms with E-state index in [-0.39, 0.29) is 28.6 Å². The van der Waals surface area contributed by atoms with Crippen molar-refractivity contribution in [2.75, 3.05) is 0 Å². The third-order valence-electron chi connectivity index (χ3n) is 3.34. The number of hydrogen-bond acceptors (Lipinski definition) is 4. The fraction of sp³-hybridized carbons (Fsp3) is 0. The van der Waals surface area contributed by atoms with Gasteiger partial charge in [-0.15, -0.1) is 12.1 Å². The number of ketones is 2. The molecule has 0 saturated carbocycles. The predicted molar refractivity (Wildman–Crippen MR) is 88.4 cm³/mol. The van der Waals surface area contributed by atoms with E-state index in [4.69, 9.17) is 8.83 Å². The molecule has 0 unspecified atom stereocenters. The van der Waals surface area contributed by atoms with Crippen LogP contribution >= 0.6 is 0 Å². The first-order valence-corrected chi connectivity index (χ1v) is 7.35. The summed E-state index contributed by atoms with van der Waals surface area (Å²) in [6.07, 6.45) is 2.99. The zero-order valence-electron chi connectivity index (χ0n) is 13.1. The zero-order valence-corrected chi connectivity index (χ0v) is 14.2. The van der Waals surface area contributed by atoms with Crippen LogP contribution in [0.5, 0.6) is 0 Å². The largest absolute Gasteiger partial charge is 0.642 e. The van der Waals surface area contributed by atoms with E-state index in [1.54, 1.807) is 48.5 Å². The Kier molecular flexibility index (Phi) is 6.52. The van der Waals surface area contributed by atoms with Gasteiger partial charge in [0, 0.05) is 17.1 Å². The molecular formula is C20H14FeO4-6. The van der Waals surface area contributed by atoms with Crippen LogP contribution < -0.4 is 0 Å². The normalized spacial score (nSPS) is 9.60. The Balaban J connectivity index is 0.000000173. The number of rotatable bonds is 4. The van der Waals surface area contributed by atoms with Crippen molar-refractivity contribution in [3.63, 3.8) is 0 Å². The Morgan fingerprint density at radius 1 is 0.800 bits per heavy atom. The summed E-state index contributed by atoms with van der Waals surface area (Å²) < 4.78 is 9.94. The summed E-state index contributed by atoms with van der Waals surface area (Å²) in [5.74, 6) is 0.650. The fourth-order valence-electron chi connectivity index (χ4n) is 2.15. The van der Waals surface area contributed by atoms with Crippen molar-refractivity contribution in [3.05, 3.63) is 108 Å². The summed E-state index contributed by atoms with van der Waals surface area (Å²) in [5, 5.41) is 0. The predicted octanol–water partition coefficient (Wildman–Crippen LogP) is 4.46. The van der Waals surface area contributed by atoms with Gasteiger partial charge in [0.1, 0.15) is 5.78 Å². The van der Waals surface area contributed by atoms with Crippen LogP contribution in [0.3, 0.4) is 0 Å². The van der Waals surface area contributed by atoms with E-state index in [9.17, 15) is 9.59 Å². The van der Waals surface area contributed by atoms with Crippen LogP contribution in [0.15, 0.2) is 94.2 Å². The summed E-state index contributed by atoms with van der Waals surface area (Å²) in [4.78, 5) is 22.9. The van der Waals surface area contributed by atoms with E-state index in [0.29, 0.717) is 22.6 Å². The maximum absolute atomic E-state index is 11.5. The van der Waals surface area contributed by atoms with Gasteiger partial charge in [0.05, 0.1) is 18.3 Å². The van der Waals surface area contributed by atoms with Gasteiger partial charge in [-0.3, -0.25) is 5.78 Å². The Bertz CT molecular complexity index is 719. The molecule has 0 fully saturated rings. The summed E-state index contributed by atoms with van der Waals surface area (Å²) in [7, 11) is 0. The van der Waals surface area contributed by atoms with E-state index in [1.807, 2.05) is 24.3 Å². The maximum atomic E-state index is 11.5. The molecule has 4 aromatic rings. The molecule has 0 N–H and O–H groups in total. The summed E-state index contributed by atoms with van der Waals surface area (Å²) in [6.45, 7) is 0. The van der Waals surface area contributed by atoms with Gasteiger partial charge >= 0.3 is 0 Å². The molecule has 4 rings (SSSR count). The Hall–Kier alpha value is -2.88. The fourth-order valence-corrected chi connectivity index (χ4v) is 2.15. The molecule has 0 amide bonds. The summed E-state index contributed by atoms with van der Waals surface area (Å²) >= 11 is 0. The Labute approximate surface area is 155 Å². The molecule has 0 aliphatic rings. The summed E-state index contributed by atoms with van der Waals surface area (Å²) in [6, 6.07) is 21.1. The first-order valence-electron chi connectivity index (χ1n) is 7.35. The van der Waals surface area contributed by atoms with Gasteiger partial charge in [-0.2, -0.15) is 24.0 Å². The maximum Gasteiger partial charge on any atom is 0.147 e. The molecular weight excluding hydrogens is 360 g/mol. The molecule has 4 nitrogen and oxygen atoms in total. The number of carbonyl (C=O) groups is 2. The molecule has 0 aliphatic heterocycles. The average molecular weight is 374 g/mol. The molecule has 0 saturated heterocycles. The van der Waals surface area contributed by atoms with Gasteiger partial charge in [-0.05, 0) is 6.07 Å². The third kappa shape index (κ3) is 4.57. The standard InChI is InChI=1S/2C10H7O2.Fe/c2*11-10(8-4-1-2-5-8)9-6-3-7-12-9;/h2*1-7H;/q-5;-1;. The molecule has 0 aliphatic carbocycles. The Morgan fingerprint density at radius 2 is 1.32 bits per heavy atom. The molecule has 2 heterocycles. The second-order valence-corrected chi connectivity index (χ2v) is 4.96. The van der Waals surface area contributed by atoms with E-state index >= 15 is 0 Å². The van der Waals surface area contributed by atoms with Gasteiger partial charge in [0.25, 0.3) is 0 Å². The minimum atomic E-state index is -0.0648. The van der Waals surface area contributed by atoms with Gasteiger partial charge in [0.15, 0.2) is 0 Å². The quantitative estimate of drug-likeness (QED) is 0.301. The molecule has 25 heavy (non-hydrogen) atoms. The van der Waals surface area contributed by atoms with Crippen molar-refractivity contribution in [2.45, 2.75) is 0 Å². The van der Waals surface area contributed by atoms with Crippen LogP contribution in [0.2, 0.25) is 0 Å². The molecule has 0 radical (unpaired) electrons.